The number of piperazine rings is 1. The van der Waals surface area contributed by atoms with Crippen LogP contribution in [-0.4, -0.2) is 37.1 Å². The van der Waals surface area contributed by atoms with Crippen LogP contribution in [0.2, 0.25) is 0 Å². The van der Waals surface area contributed by atoms with E-state index >= 15 is 0 Å². The Morgan fingerprint density at radius 1 is 1.36 bits per heavy atom. The van der Waals surface area contributed by atoms with Crippen molar-refractivity contribution < 1.29 is 0 Å². The molecule has 0 saturated carbocycles. The van der Waals surface area contributed by atoms with Crippen molar-refractivity contribution in [2.24, 2.45) is 0 Å². The lowest BCUT2D eigenvalue weighted by Gasteiger charge is -2.32. The molecule has 0 aromatic carbocycles. The molecule has 1 aliphatic heterocycles. The summed E-state index contributed by atoms with van der Waals surface area (Å²) in [4.78, 5) is 2.58. The number of rotatable bonds is 3. The molecule has 2 nitrogen and oxygen atoms in total. The molecule has 0 aliphatic carbocycles. The van der Waals surface area contributed by atoms with Gasteiger partial charge >= 0.3 is 0 Å². The Hall–Kier alpha value is -0.0800. The van der Waals surface area contributed by atoms with Crippen LogP contribution in [0.5, 0.6) is 0 Å². The SMILES string of the molecule is CCCC(C)N1CCNCC1. The van der Waals surface area contributed by atoms with Gasteiger partial charge in [-0.05, 0) is 13.3 Å². The molecular weight excluding hydrogens is 136 g/mol. The maximum atomic E-state index is 3.37. The molecule has 1 rings (SSSR count). The van der Waals surface area contributed by atoms with Crippen molar-refractivity contribution in [3.8, 4) is 0 Å². The molecule has 1 unspecified atom stereocenters. The second-order valence-corrected chi connectivity index (χ2v) is 3.42. The molecule has 1 heterocycles. The van der Waals surface area contributed by atoms with Gasteiger partial charge in [0, 0.05) is 32.2 Å². The summed E-state index contributed by atoms with van der Waals surface area (Å²) in [5, 5.41) is 3.37. The number of hydrogen-bond acceptors (Lipinski definition) is 2. The number of nitrogens with zero attached hydrogens (tertiary/aromatic N) is 1. The zero-order valence-corrected chi connectivity index (χ0v) is 7.77. The monoisotopic (exact) mass is 156 g/mol. The number of nitrogens with one attached hydrogen (secondary N) is 1. The first kappa shape index (κ1) is 9.01. The summed E-state index contributed by atoms with van der Waals surface area (Å²) in [7, 11) is 0. The summed E-state index contributed by atoms with van der Waals surface area (Å²) in [6, 6.07) is 0.794. The second kappa shape index (κ2) is 4.73. The van der Waals surface area contributed by atoms with Crippen LogP contribution in [0, 0.1) is 0 Å². The van der Waals surface area contributed by atoms with E-state index in [1.165, 1.54) is 39.0 Å². The normalized spacial score (nSPS) is 23.5. The fraction of sp³-hybridized carbons (Fsp3) is 1.00. The molecule has 0 aromatic heterocycles. The molecule has 11 heavy (non-hydrogen) atoms. The first-order chi connectivity index (χ1) is 5.34. The second-order valence-electron chi connectivity index (χ2n) is 3.42. The molecule has 0 aromatic rings. The van der Waals surface area contributed by atoms with Gasteiger partial charge in [-0.2, -0.15) is 0 Å². The lowest BCUT2D eigenvalue weighted by atomic mass is 10.1. The minimum absolute atomic E-state index is 0.794. The highest BCUT2D eigenvalue weighted by atomic mass is 15.2. The van der Waals surface area contributed by atoms with Crippen LogP contribution >= 0.6 is 0 Å². The Bertz CT molecular complexity index is 97.7. The number of hydrogen-bond donors (Lipinski definition) is 1. The van der Waals surface area contributed by atoms with Gasteiger partial charge < -0.3 is 5.32 Å². The van der Waals surface area contributed by atoms with E-state index in [1.54, 1.807) is 0 Å². The predicted molar refractivity (Wildman–Crippen MR) is 48.8 cm³/mol. The van der Waals surface area contributed by atoms with Crippen LogP contribution < -0.4 is 5.32 Å². The van der Waals surface area contributed by atoms with Gasteiger partial charge in [-0.15, -0.1) is 0 Å². The molecule has 1 aliphatic rings. The zero-order valence-electron chi connectivity index (χ0n) is 7.77. The van der Waals surface area contributed by atoms with Crippen molar-refractivity contribution in [2.75, 3.05) is 26.2 Å². The summed E-state index contributed by atoms with van der Waals surface area (Å²) < 4.78 is 0. The van der Waals surface area contributed by atoms with Crippen LogP contribution in [0.3, 0.4) is 0 Å². The highest BCUT2D eigenvalue weighted by Gasteiger charge is 2.14. The van der Waals surface area contributed by atoms with Crippen LogP contribution in [0.15, 0.2) is 0 Å². The van der Waals surface area contributed by atoms with E-state index in [2.05, 4.69) is 24.1 Å². The van der Waals surface area contributed by atoms with Gasteiger partial charge in [0.05, 0.1) is 0 Å². The predicted octanol–water partition coefficient (Wildman–Crippen LogP) is 1.08. The van der Waals surface area contributed by atoms with Gasteiger partial charge in [0.25, 0.3) is 0 Å². The maximum absolute atomic E-state index is 3.37. The van der Waals surface area contributed by atoms with Crippen LogP contribution in [0.25, 0.3) is 0 Å². The molecule has 66 valence electrons. The van der Waals surface area contributed by atoms with Gasteiger partial charge in [-0.1, -0.05) is 13.3 Å². The summed E-state index contributed by atoms with van der Waals surface area (Å²) in [6.07, 6.45) is 2.66. The Kier molecular flexibility index (Phi) is 3.87. The van der Waals surface area contributed by atoms with E-state index in [4.69, 9.17) is 0 Å². The van der Waals surface area contributed by atoms with Crippen molar-refractivity contribution >= 4 is 0 Å². The lowest BCUT2D eigenvalue weighted by molar-refractivity contribution is 0.176. The Balaban J connectivity index is 2.21. The minimum atomic E-state index is 0.794. The average Bonchev–Trinajstić information content (AvgIpc) is 2.07. The first-order valence-electron chi connectivity index (χ1n) is 4.79. The highest BCUT2D eigenvalue weighted by Crippen LogP contribution is 2.06. The lowest BCUT2D eigenvalue weighted by Crippen LogP contribution is -2.47. The van der Waals surface area contributed by atoms with Gasteiger partial charge in [0.15, 0.2) is 0 Å². The molecule has 1 fully saturated rings. The van der Waals surface area contributed by atoms with E-state index in [1.807, 2.05) is 0 Å². The van der Waals surface area contributed by atoms with E-state index < -0.39 is 0 Å². The molecular formula is C9H20N2. The Labute approximate surface area is 70.0 Å². The van der Waals surface area contributed by atoms with Crippen LogP contribution in [0.4, 0.5) is 0 Å². The summed E-state index contributed by atoms with van der Waals surface area (Å²) >= 11 is 0. The van der Waals surface area contributed by atoms with Crippen molar-refractivity contribution in [3.63, 3.8) is 0 Å². The van der Waals surface area contributed by atoms with Gasteiger partial charge in [-0.25, -0.2) is 0 Å². The average molecular weight is 156 g/mol. The van der Waals surface area contributed by atoms with Crippen molar-refractivity contribution in [3.05, 3.63) is 0 Å². The smallest absolute Gasteiger partial charge is 0.0110 e. The molecule has 1 saturated heterocycles. The zero-order chi connectivity index (χ0) is 8.10. The van der Waals surface area contributed by atoms with E-state index in [-0.39, 0.29) is 0 Å². The highest BCUT2D eigenvalue weighted by molar-refractivity contribution is 4.72. The summed E-state index contributed by atoms with van der Waals surface area (Å²) in [5.74, 6) is 0. The standard InChI is InChI=1S/C9H20N2/c1-3-4-9(2)11-7-5-10-6-8-11/h9-10H,3-8H2,1-2H3. The molecule has 0 radical (unpaired) electrons. The third kappa shape index (κ3) is 2.80. The molecule has 0 amide bonds. The van der Waals surface area contributed by atoms with Crippen molar-refractivity contribution in [1.29, 1.82) is 0 Å². The summed E-state index contributed by atoms with van der Waals surface area (Å²) in [6.45, 7) is 9.43. The van der Waals surface area contributed by atoms with E-state index in [9.17, 15) is 0 Å². The quantitative estimate of drug-likeness (QED) is 0.658. The Morgan fingerprint density at radius 2 is 2.00 bits per heavy atom. The molecule has 1 N–H and O–H groups in total. The molecule has 0 spiro atoms. The minimum Gasteiger partial charge on any atom is -0.314 e. The molecule has 1 atom stereocenters. The summed E-state index contributed by atoms with van der Waals surface area (Å²) in [5.41, 5.74) is 0. The van der Waals surface area contributed by atoms with Crippen molar-refractivity contribution in [2.45, 2.75) is 32.7 Å². The van der Waals surface area contributed by atoms with Gasteiger partial charge in [0.2, 0.25) is 0 Å². The topological polar surface area (TPSA) is 15.3 Å². The molecule has 0 bridgehead atoms. The molecule has 2 heteroatoms. The first-order valence-corrected chi connectivity index (χ1v) is 4.79. The largest absolute Gasteiger partial charge is 0.314 e. The van der Waals surface area contributed by atoms with E-state index in [0.29, 0.717) is 0 Å². The third-order valence-electron chi connectivity index (χ3n) is 2.48. The maximum Gasteiger partial charge on any atom is 0.0110 e. The fourth-order valence-electron chi connectivity index (χ4n) is 1.72. The Morgan fingerprint density at radius 3 is 2.55 bits per heavy atom. The third-order valence-corrected chi connectivity index (χ3v) is 2.48. The van der Waals surface area contributed by atoms with E-state index in [0.717, 1.165) is 6.04 Å². The van der Waals surface area contributed by atoms with Gasteiger partial charge in [-0.3, -0.25) is 4.90 Å². The van der Waals surface area contributed by atoms with Crippen LogP contribution in [-0.2, 0) is 0 Å². The van der Waals surface area contributed by atoms with Gasteiger partial charge in [0.1, 0.15) is 0 Å². The van der Waals surface area contributed by atoms with Crippen molar-refractivity contribution in [1.82, 2.24) is 10.2 Å². The van der Waals surface area contributed by atoms with Crippen LogP contribution in [0.1, 0.15) is 26.7 Å². The fourth-order valence-corrected chi connectivity index (χ4v) is 1.72.